The number of nitrogens with zero attached hydrogens (tertiary/aromatic N) is 1. The topological polar surface area (TPSA) is 63.2 Å². The fourth-order valence-corrected chi connectivity index (χ4v) is 2.05. The van der Waals surface area contributed by atoms with Gasteiger partial charge >= 0.3 is 0 Å². The third kappa shape index (κ3) is 2.98. The average Bonchev–Trinajstić information content (AvgIpc) is 2.39. The molecule has 1 aromatic rings. The highest BCUT2D eigenvalue weighted by Crippen LogP contribution is 2.18. The number of pyridine rings is 1. The molecule has 1 aliphatic rings. The molecule has 1 atom stereocenters. The second-order valence-corrected chi connectivity index (χ2v) is 4.85. The van der Waals surface area contributed by atoms with E-state index in [1.54, 1.807) is 12.3 Å². The van der Waals surface area contributed by atoms with Crippen molar-refractivity contribution in [3.63, 3.8) is 0 Å². The van der Waals surface area contributed by atoms with E-state index >= 15 is 0 Å². The largest absolute Gasteiger partial charge is 0.387 e. The van der Waals surface area contributed by atoms with Gasteiger partial charge in [0.25, 0.3) is 5.91 Å². The number of hydrogen-bond donors (Lipinski definition) is 2. The summed E-state index contributed by atoms with van der Waals surface area (Å²) in [7, 11) is 1.82. The zero-order valence-electron chi connectivity index (χ0n) is 10.8. The maximum absolute atomic E-state index is 12.1. The van der Waals surface area contributed by atoms with Crippen LogP contribution in [0.15, 0.2) is 18.3 Å². The van der Waals surface area contributed by atoms with Crippen molar-refractivity contribution in [2.75, 3.05) is 25.6 Å². The Bertz CT molecular complexity index is 411. The van der Waals surface area contributed by atoms with Crippen LogP contribution in [-0.4, -0.2) is 36.7 Å². The summed E-state index contributed by atoms with van der Waals surface area (Å²) in [6, 6.07) is 3.55. The van der Waals surface area contributed by atoms with E-state index in [1.807, 2.05) is 20.0 Å². The van der Waals surface area contributed by atoms with Crippen molar-refractivity contribution in [1.29, 1.82) is 0 Å². The highest BCUT2D eigenvalue weighted by molar-refractivity contribution is 5.93. The summed E-state index contributed by atoms with van der Waals surface area (Å²) in [5, 5.41) is 5.97. The van der Waals surface area contributed by atoms with Crippen LogP contribution in [0.25, 0.3) is 0 Å². The minimum atomic E-state index is -0.279. The van der Waals surface area contributed by atoms with Gasteiger partial charge in [-0.2, -0.15) is 0 Å². The molecule has 0 aromatic carbocycles. The molecule has 2 heterocycles. The van der Waals surface area contributed by atoms with Gasteiger partial charge in [-0.25, -0.2) is 4.98 Å². The number of nitrogens with one attached hydrogen (secondary N) is 2. The van der Waals surface area contributed by atoms with Crippen molar-refractivity contribution < 1.29 is 9.53 Å². The first-order valence-electron chi connectivity index (χ1n) is 6.17. The SMILES string of the molecule is CNc1ccc(C(=O)NC2(C)CCCOC2)nc1. The molecule has 1 aromatic heterocycles. The van der Waals surface area contributed by atoms with E-state index in [0.29, 0.717) is 12.3 Å². The number of aromatic nitrogens is 1. The zero-order chi connectivity index (χ0) is 13.0. The van der Waals surface area contributed by atoms with Crippen LogP contribution in [0.3, 0.4) is 0 Å². The van der Waals surface area contributed by atoms with Gasteiger partial charge in [0, 0.05) is 13.7 Å². The van der Waals surface area contributed by atoms with E-state index in [4.69, 9.17) is 4.74 Å². The van der Waals surface area contributed by atoms with Gasteiger partial charge in [-0.15, -0.1) is 0 Å². The third-order valence-electron chi connectivity index (χ3n) is 3.14. The first kappa shape index (κ1) is 12.8. The minimum Gasteiger partial charge on any atom is -0.387 e. The van der Waals surface area contributed by atoms with Crippen LogP contribution in [0.4, 0.5) is 5.69 Å². The molecule has 98 valence electrons. The molecular formula is C13H19N3O2. The van der Waals surface area contributed by atoms with Crippen molar-refractivity contribution in [3.05, 3.63) is 24.0 Å². The van der Waals surface area contributed by atoms with Crippen LogP contribution >= 0.6 is 0 Å². The molecule has 1 fully saturated rings. The second-order valence-electron chi connectivity index (χ2n) is 4.85. The molecule has 18 heavy (non-hydrogen) atoms. The molecule has 0 aliphatic carbocycles. The van der Waals surface area contributed by atoms with Gasteiger partial charge in [0.1, 0.15) is 5.69 Å². The van der Waals surface area contributed by atoms with Gasteiger partial charge in [0.05, 0.1) is 24.0 Å². The zero-order valence-corrected chi connectivity index (χ0v) is 10.8. The van der Waals surface area contributed by atoms with Crippen molar-refractivity contribution in [1.82, 2.24) is 10.3 Å². The lowest BCUT2D eigenvalue weighted by Gasteiger charge is -2.34. The Labute approximate surface area is 107 Å². The Morgan fingerprint density at radius 3 is 2.89 bits per heavy atom. The van der Waals surface area contributed by atoms with Gasteiger partial charge in [-0.05, 0) is 31.9 Å². The fourth-order valence-electron chi connectivity index (χ4n) is 2.05. The highest BCUT2D eigenvalue weighted by Gasteiger charge is 2.29. The van der Waals surface area contributed by atoms with Crippen LogP contribution in [0.5, 0.6) is 0 Å². The normalized spacial score (nSPS) is 23.4. The van der Waals surface area contributed by atoms with E-state index in [-0.39, 0.29) is 11.4 Å². The van der Waals surface area contributed by atoms with E-state index < -0.39 is 0 Å². The first-order valence-corrected chi connectivity index (χ1v) is 6.17. The molecule has 0 saturated carbocycles. The Hall–Kier alpha value is -1.62. The summed E-state index contributed by atoms with van der Waals surface area (Å²) >= 11 is 0. The fraction of sp³-hybridized carbons (Fsp3) is 0.538. The summed E-state index contributed by atoms with van der Waals surface area (Å²) in [6.45, 7) is 3.35. The van der Waals surface area contributed by atoms with Crippen LogP contribution in [0, 0.1) is 0 Å². The van der Waals surface area contributed by atoms with Crippen LogP contribution < -0.4 is 10.6 Å². The minimum absolute atomic E-state index is 0.148. The molecule has 0 bridgehead atoms. The molecule has 0 spiro atoms. The summed E-state index contributed by atoms with van der Waals surface area (Å²) in [4.78, 5) is 16.2. The molecular weight excluding hydrogens is 230 g/mol. The Morgan fingerprint density at radius 2 is 2.33 bits per heavy atom. The van der Waals surface area contributed by atoms with E-state index in [9.17, 15) is 4.79 Å². The van der Waals surface area contributed by atoms with Crippen LogP contribution in [-0.2, 0) is 4.74 Å². The molecule has 1 aliphatic heterocycles. The lowest BCUT2D eigenvalue weighted by Crippen LogP contribution is -2.51. The van der Waals surface area contributed by atoms with Crippen molar-refractivity contribution in [3.8, 4) is 0 Å². The number of carbonyl (C=O) groups excluding carboxylic acids is 1. The van der Waals surface area contributed by atoms with Crippen molar-refractivity contribution >= 4 is 11.6 Å². The standard InChI is InChI=1S/C13H19N3O2/c1-13(6-3-7-18-9-13)16-12(17)11-5-4-10(14-2)8-15-11/h4-5,8,14H,3,6-7,9H2,1-2H3,(H,16,17). The summed E-state index contributed by atoms with van der Waals surface area (Å²) in [5.74, 6) is -0.148. The number of ether oxygens (including phenoxy) is 1. The Kier molecular flexibility index (Phi) is 3.81. The van der Waals surface area contributed by atoms with Gasteiger partial charge in [-0.1, -0.05) is 0 Å². The number of hydrogen-bond acceptors (Lipinski definition) is 4. The quantitative estimate of drug-likeness (QED) is 0.850. The lowest BCUT2D eigenvalue weighted by molar-refractivity contribution is 0.0271. The maximum Gasteiger partial charge on any atom is 0.270 e. The summed E-state index contributed by atoms with van der Waals surface area (Å²) in [6.07, 6.45) is 3.56. The molecule has 1 amide bonds. The summed E-state index contributed by atoms with van der Waals surface area (Å²) < 4.78 is 5.41. The predicted molar refractivity (Wildman–Crippen MR) is 69.7 cm³/mol. The van der Waals surface area contributed by atoms with Crippen molar-refractivity contribution in [2.45, 2.75) is 25.3 Å². The van der Waals surface area contributed by atoms with Crippen LogP contribution in [0.2, 0.25) is 0 Å². The molecule has 5 nitrogen and oxygen atoms in total. The molecule has 1 unspecified atom stereocenters. The summed E-state index contributed by atoms with van der Waals surface area (Å²) in [5.41, 5.74) is 1.04. The maximum atomic E-state index is 12.1. The smallest absolute Gasteiger partial charge is 0.270 e. The number of amides is 1. The molecule has 2 rings (SSSR count). The average molecular weight is 249 g/mol. The van der Waals surface area contributed by atoms with E-state index in [1.165, 1.54) is 0 Å². The van der Waals surface area contributed by atoms with Gasteiger partial charge in [0.2, 0.25) is 0 Å². The predicted octanol–water partition coefficient (Wildman–Crippen LogP) is 1.42. The second kappa shape index (κ2) is 5.35. The molecule has 1 saturated heterocycles. The molecule has 5 heteroatoms. The first-order chi connectivity index (χ1) is 8.63. The lowest BCUT2D eigenvalue weighted by atomic mass is 9.95. The number of rotatable bonds is 3. The number of carbonyl (C=O) groups is 1. The third-order valence-corrected chi connectivity index (χ3v) is 3.14. The number of anilines is 1. The monoisotopic (exact) mass is 249 g/mol. The molecule has 0 radical (unpaired) electrons. The highest BCUT2D eigenvalue weighted by atomic mass is 16.5. The Morgan fingerprint density at radius 1 is 1.50 bits per heavy atom. The van der Waals surface area contributed by atoms with Gasteiger partial charge in [0.15, 0.2) is 0 Å². The Balaban J connectivity index is 2.02. The molecule has 2 N–H and O–H groups in total. The van der Waals surface area contributed by atoms with Crippen molar-refractivity contribution in [2.24, 2.45) is 0 Å². The van der Waals surface area contributed by atoms with E-state index in [2.05, 4.69) is 15.6 Å². The van der Waals surface area contributed by atoms with E-state index in [0.717, 1.165) is 25.1 Å². The van der Waals surface area contributed by atoms with Crippen LogP contribution in [0.1, 0.15) is 30.3 Å². The van der Waals surface area contributed by atoms with Gasteiger partial charge < -0.3 is 15.4 Å². The van der Waals surface area contributed by atoms with Gasteiger partial charge in [-0.3, -0.25) is 4.79 Å².